The molecule has 0 aromatic heterocycles. The van der Waals surface area contributed by atoms with Crippen LogP contribution in [0.5, 0.6) is 17.2 Å². The van der Waals surface area contributed by atoms with E-state index in [1.54, 1.807) is 38.5 Å². The lowest BCUT2D eigenvalue weighted by Gasteiger charge is -2.12. The molecule has 0 heterocycles. The van der Waals surface area contributed by atoms with E-state index < -0.39 is 0 Å². The molecule has 0 radical (unpaired) electrons. The summed E-state index contributed by atoms with van der Waals surface area (Å²) in [4.78, 5) is 0. The number of aromatic hydroxyl groups is 1. The highest BCUT2D eigenvalue weighted by Crippen LogP contribution is 2.31. The molecule has 20 heavy (non-hydrogen) atoms. The van der Waals surface area contributed by atoms with Crippen molar-refractivity contribution in [3.63, 3.8) is 0 Å². The molecular formula is C16H17NO3. The van der Waals surface area contributed by atoms with Gasteiger partial charge in [0.15, 0.2) is 0 Å². The second kappa shape index (κ2) is 6.02. The first-order valence-electron chi connectivity index (χ1n) is 6.12. The number of hydrogen-bond acceptors (Lipinski definition) is 4. The highest BCUT2D eigenvalue weighted by molar-refractivity contribution is 5.81. The SMILES string of the molecule is COc1cc(OC)cc(/C(=C\N)c2cccc(O)c2)c1. The van der Waals surface area contributed by atoms with Gasteiger partial charge in [-0.3, -0.25) is 0 Å². The van der Waals surface area contributed by atoms with Crippen LogP contribution in [0, 0.1) is 0 Å². The van der Waals surface area contributed by atoms with Gasteiger partial charge in [0, 0.05) is 17.8 Å². The van der Waals surface area contributed by atoms with Crippen molar-refractivity contribution in [2.45, 2.75) is 0 Å². The standard InChI is InChI=1S/C16H17NO3/c1-19-14-7-12(8-15(9-14)20-2)16(10-17)11-4-3-5-13(18)6-11/h3-10,18H,17H2,1-2H3/b16-10-. The van der Waals surface area contributed by atoms with Gasteiger partial charge in [-0.05, 0) is 35.4 Å². The van der Waals surface area contributed by atoms with Crippen LogP contribution in [-0.4, -0.2) is 19.3 Å². The zero-order chi connectivity index (χ0) is 14.5. The summed E-state index contributed by atoms with van der Waals surface area (Å²) in [6, 6.07) is 12.4. The van der Waals surface area contributed by atoms with E-state index in [0.29, 0.717) is 11.5 Å². The minimum Gasteiger partial charge on any atom is -0.508 e. The molecule has 0 unspecified atom stereocenters. The highest BCUT2D eigenvalue weighted by Gasteiger charge is 2.09. The summed E-state index contributed by atoms with van der Waals surface area (Å²) in [5, 5.41) is 9.59. The Morgan fingerprint density at radius 2 is 1.65 bits per heavy atom. The van der Waals surface area contributed by atoms with Crippen LogP contribution in [0.1, 0.15) is 11.1 Å². The molecule has 2 aromatic rings. The van der Waals surface area contributed by atoms with Gasteiger partial charge in [-0.25, -0.2) is 0 Å². The number of ether oxygens (including phenoxy) is 2. The summed E-state index contributed by atoms with van der Waals surface area (Å²) < 4.78 is 10.5. The molecular weight excluding hydrogens is 254 g/mol. The fourth-order valence-electron chi connectivity index (χ4n) is 2.00. The maximum atomic E-state index is 9.59. The van der Waals surface area contributed by atoms with Crippen molar-refractivity contribution >= 4 is 5.57 Å². The van der Waals surface area contributed by atoms with Crippen molar-refractivity contribution in [3.8, 4) is 17.2 Å². The minimum absolute atomic E-state index is 0.191. The van der Waals surface area contributed by atoms with Gasteiger partial charge in [-0.15, -0.1) is 0 Å². The Hall–Kier alpha value is -2.62. The molecule has 0 bridgehead atoms. The smallest absolute Gasteiger partial charge is 0.123 e. The van der Waals surface area contributed by atoms with E-state index in [4.69, 9.17) is 15.2 Å². The first kappa shape index (κ1) is 13.8. The first-order chi connectivity index (χ1) is 9.67. The zero-order valence-electron chi connectivity index (χ0n) is 11.5. The Labute approximate surface area is 118 Å². The highest BCUT2D eigenvalue weighted by atomic mass is 16.5. The number of nitrogens with two attached hydrogens (primary N) is 1. The second-order valence-electron chi connectivity index (χ2n) is 4.23. The summed E-state index contributed by atoms with van der Waals surface area (Å²) in [5.41, 5.74) is 8.21. The Balaban J connectivity index is 2.52. The molecule has 0 amide bonds. The largest absolute Gasteiger partial charge is 0.508 e. The van der Waals surface area contributed by atoms with Crippen molar-refractivity contribution < 1.29 is 14.6 Å². The summed E-state index contributed by atoms with van der Waals surface area (Å²) in [7, 11) is 3.19. The number of hydrogen-bond donors (Lipinski definition) is 2. The lowest BCUT2D eigenvalue weighted by molar-refractivity contribution is 0.394. The number of benzene rings is 2. The second-order valence-corrected chi connectivity index (χ2v) is 4.23. The van der Waals surface area contributed by atoms with Crippen LogP contribution < -0.4 is 15.2 Å². The lowest BCUT2D eigenvalue weighted by atomic mass is 9.98. The van der Waals surface area contributed by atoms with Crippen LogP contribution in [0.15, 0.2) is 48.7 Å². The molecule has 4 heteroatoms. The van der Waals surface area contributed by atoms with Gasteiger partial charge in [0.2, 0.25) is 0 Å². The van der Waals surface area contributed by atoms with Crippen LogP contribution in [0.4, 0.5) is 0 Å². The normalized spacial score (nSPS) is 11.2. The lowest BCUT2D eigenvalue weighted by Crippen LogP contribution is -1.95. The Bertz CT molecular complexity index is 613. The average Bonchev–Trinajstić information content (AvgIpc) is 2.47. The van der Waals surface area contributed by atoms with Gasteiger partial charge in [0.05, 0.1) is 14.2 Å². The number of rotatable bonds is 4. The third-order valence-electron chi connectivity index (χ3n) is 2.99. The molecule has 0 aliphatic heterocycles. The Morgan fingerprint density at radius 3 is 2.15 bits per heavy atom. The Morgan fingerprint density at radius 1 is 1.00 bits per heavy atom. The van der Waals surface area contributed by atoms with Crippen LogP contribution in [-0.2, 0) is 0 Å². The van der Waals surface area contributed by atoms with E-state index in [9.17, 15) is 5.11 Å². The molecule has 0 saturated heterocycles. The predicted molar refractivity (Wildman–Crippen MR) is 78.9 cm³/mol. The number of phenolic OH excluding ortho intramolecular Hbond substituents is 1. The monoisotopic (exact) mass is 271 g/mol. The quantitative estimate of drug-likeness (QED) is 0.897. The van der Waals surface area contributed by atoms with E-state index in [0.717, 1.165) is 16.7 Å². The summed E-state index contributed by atoms with van der Waals surface area (Å²) in [6.07, 6.45) is 1.50. The van der Waals surface area contributed by atoms with Crippen molar-refractivity contribution in [2.24, 2.45) is 5.73 Å². The first-order valence-corrected chi connectivity index (χ1v) is 6.12. The maximum absolute atomic E-state index is 9.59. The topological polar surface area (TPSA) is 64.7 Å². The molecule has 0 atom stereocenters. The number of methoxy groups -OCH3 is 2. The van der Waals surface area contributed by atoms with Crippen LogP contribution in [0.3, 0.4) is 0 Å². The molecule has 2 aromatic carbocycles. The van der Waals surface area contributed by atoms with Crippen LogP contribution in [0.25, 0.3) is 5.57 Å². The molecule has 0 saturated carbocycles. The van der Waals surface area contributed by atoms with Gasteiger partial charge < -0.3 is 20.3 Å². The van der Waals surface area contributed by atoms with Gasteiger partial charge >= 0.3 is 0 Å². The van der Waals surface area contributed by atoms with Crippen LogP contribution in [0.2, 0.25) is 0 Å². The average molecular weight is 271 g/mol. The third-order valence-corrected chi connectivity index (χ3v) is 2.99. The Kier molecular flexibility index (Phi) is 4.15. The molecule has 0 aliphatic rings. The minimum atomic E-state index is 0.191. The molecule has 0 aliphatic carbocycles. The van der Waals surface area contributed by atoms with E-state index in [2.05, 4.69) is 0 Å². The van der Waals surface area contributed by atoms with Gasteiger partial charge in [0.1, 0.15) is 17.2 Å². The fourth-order valence-corrected chi connectivity index (χ4v) is 2.00. The summed E-state index contributed by atoms with van der Waals surface area (Å²) in [6.45, 7) is 0. The molecule has 0 spiro atoms. The summed E-state index contributed by atoms with van der Waals surface area (Å²) >= 11 is 0. The molecule has 0 fully saturated rings. The van der Waals surface area contributed by atoms with Gasteiger partial charge in [-0.2, -0.15) is 0 Å². The van der Waals surface area contributed by atoms with Gasteiger partial charge in [-0.1, -0.05) is 12.1 Å². The molecule has 104 valence electrons. The van der Waals surface area contributed by atoms with Crippen LogP contribution >= 0.6 is 0 Å². The maximum Gasteiger partial charge on any atom is 0.123 e. The van der Waals surface area contributed by atoms with E-state index in [1.165, 1.54) is 6.20 Å². The van der Waals surface area contributed by atoms with E-state index in [-0.39, 0.29) is 5.75 Å². The zero-order valence-corrected chi connectivity index (χ0v) is 11.5. The van der Waals surface area contributed by atoms with Crippen molar-refractivity contribution in [2.75, 3.05) is 14.2 Å². The van der Waals surface area contributed by atoms with E-state index in [1.807, 2.05) is 18.2 Å². The third kappa shape index (κ3) is 2.85. The van der Waals surface area contributed by atoms with Gasteiger partial charge in [0.25, 0.3) is 0 Å². The summed E-state index contributed by atoms with van der Waals surface area (Å²) in [5.74, 6) is 1.55. The predicted octanol–water partition coefficient (Wildman–Crippen LogP) is 2.76. The van der Waals surface area contributed by atoms with Crippen molar-refractivity contribution in [3.05, 3.63) is 59.8 Å². The number of phenols is 1. The van der Waals surface area contributed by atoms with Crippen molar-refractivity contribution in [1.29, 1.82) is 0 Å². The fraction of sp³-hybridized carbons (Fsp3) is 0.125. The van der Waals surface area contributed by atoms with Crippen molar-refractivity contribution in [1.82, 2.24) is 0 Å². The molecule has 2 rings (SSSR count). The molecule has 3 N–H and O–H groups in total. The molecule has 4 nitrogen and oxygen atoms in total. The van der Waals surface area contributed by atoms with E-state index >= 15 is 0 Å².